The van der Waals surface area contributed by atoms with E-state index in [1.54, 1.807) is 0 Å². The largest absolute Gasteiger partial charge is 0.354 e. The lowest BCUT2D eigenvalue weighted by Gasteiger charge is -2.36. The quantitative estimate of drug-likeness (QED) is 0.839. The number of anilines is 1. The molecule has 0 aliphatic carbocycles. The Balaban J connectivity index is 1.95. The summed E-state index contributed by atoms with van der Waals surface area (Å²) < 4.78 is 0. The first-order valence-corrected chi connectivity index (χ1v) is 7.94. The van der Waals surface area contributed by atoms with Crippen molar-refractivity contribution in [1.82, 2.24) is 14.8 Å². The van der Waals surface area contributed by atoms with Crippen LogP contribution in [-0.4, -0.2) is 68.1 Å². The highest BCUT2D eigenvalue weighted by Crippen LogP contribution is 2.17. The molecule has 21 heavy (non-hydrogen) atoms. The first kappa shape index (κ1) is 16.2. The minimum absolute atomic E-state index is 0.589. The monoisotopic (exact) mass is 291 g/mol. The van der Waals surface area contributed by atoms with Crippen molar-refractivity contribution < 1.29 is 0 Å². The van der Waals surface area contributed by atoms with Crippen LogP contribution >= 0.6 is 0 Å². The molecule has 0 spiro atoms. The number of piperazine rings is 1. The zero-order chi connectivity index (χ0) is 15.2. The van der Waals surface area contributed by atoms with E-state index >= 15 is 0 Å². The van der Waals surface area contributed by atoms with Crippen LogP contribution in [0.25, 0.3) is 0 Å². The molecule has 5 nitrogen and oxygen atoms in total. The average molecular weight is 291 g/mol. The van der Waals surface area contributed by atoms with Gasteiger partial charge in [-0.05, 0) is 38.2 Å². The molecule has 1 aliphatic heterocycles. The predicted octanol–water partition coefficient (Wildman–Crippen LogP) is 0.786. The fourth-order valence-electron chi connectivity index (χ4n) is 2.64. The number of pyridine rings is 1. The van der Waals surface area contributed by atoms with Crippen LogP contribution in [0.2, 0.25) is 0 Å². The molecular formula is C16H29N5. The van der Waals surface area contributed by atoms with Crippen LogP contribution in [0.3, 0.4) is 0 Å². The molecule has 2 heterocycles. The minimum atomic E-state index is 0.589. The molecule has 1 fully saturated rings. The number of aromatic nitrogens is 1. The van der Waals surface area contributed by atoms with Gasteiger partial charge in [0.15, 0.2) is 0 Å². The van der Waals surface area contributed by atoms with Gasteiger partial charge >= 0.3 is 0 Å². The molecular weight excluding hydrogens is 262 g/mol. The molecule has 0 radical (unpaired) electrons. The van der Waals surface area contributed by atoms with E-state index in [-0.39, 0.29) is 0 Å². The van der Waals surface area contributed by atoms with Gasteiger partial charge in [0.05, 0.1) is 0 Å². The van der Waals surface area contributed by atoms with Gasteiger partial charge in [-0.25, -0.2) is 4.98 Å². The van der Waals surface area contributed by atoms with Gasteiger partial charge in [-0.2, -0.15) is 0 Å². The Morgan fingerprint density at radius 3 is 2.48 bits per heavy atom. The number of nitrogens with zero attached hydrogens (tertiary/aromatic N) is 4. The van der Waals surface area contributed by atoms with Gasteiger partial charge in [-0.1, -0.05) is 6.92 Å². The summed E-state index contributed by atoms with van der Waals surface area (Å²) in [5, 5.41) is 0. The number of likely N-dealkylation sites (N-methyl/N-ethyl adjacent to an activating group) is 1. The van der Waals surface area contributed by atoms with E-state index in [0.29, 0.717) is 6.54 Å². The molecule has 0 atom stereocenters. The molecule has 5 heteroatoms. The van der Waals surface area contributed by atoms with Crippen LogP contribution in [0.15, 0.2) is 12.1 Å². The molecule has 118 valence electrons. The van der Waals surface area contributed by atoms with Crippen molar-refractivity contribution in [2.75, 3.05) is 58.3 Å². The van der Waals surface area contributed by atoms with Crippen LogP contribution in [0.1, 0.15) is 18.2 Å². The summed E-state index contributed by atoms with van der Waals surface area (Å²) in [6.45, 7) is 9.35. The van der Waals surface area contributed by atoms with Gasteiger partial charge in [-0.15, -0.1) is 0 Å². The third-order valence-corrected chi connectivity index (χ3v) is 4.08. The topological polar surface area (TPSA) is 48.6 Å². The lowest BCUT2D eigenvalue weighted by Crippen LogP contribution is -2.48. The van der Waals surface area contributed by atoms with Crippen LogP contribution in [0, 0.1) is 0 Å². The highest BCUT2D eigenvalue weighted by molar-refractivity contribution is 5.43. The highest BCUT2D eigenvalue weighted by atomic mass is 15.3. The minimum Gasteiger partial charge on any atom is -0.354 e. The van der Waals surface area contributed by atoms with Gasteiger partial charge in [0.25, 0.3) is 0 Å². The maximum atomic E-state index is 5.80. The zero-order valence-electron chi connectivity index (χ0n) is 13.7. The maximum Gasteiger partial charge on any atom is 0.129 e. The molecule has 1 aromatic heterocycles. The van der Waals surface area contributed by atoms with Gasteiger partial charge in [-0.3, -0.25) is 4.90 Å². The number of hydrogen-bond donors (Lipinski definition) is 1. The van der Waals surface area contributed by atoms with Crippen molar-refractivity contribution in [2.45, 2.75) is 19.9 Å². The first-order chi connectivity index (χ1) is 10.1. The van der Waals surface area contributed by atoms with E-state index in [1.165, 1.54) is 5.56 Å². The molecule has 2 rings (SSSR count). The second-order valence-electron chi connectivity index (χ2n) is 6.01. The molecule has 0 aromatic carbocycles. The van der Waals surface area contributed by atoms with Gasteiger partial charge in [0.1, 0.15) is 5.82 Å². The van der Waals surface area contributed by atoms with Crippen molar-refractivity contribution in [1.29, 1.82) is 0 Å². The molecule has 0 bridgehead atoms. The maximum absolute atomic E-state index is 5.80. The summed E-state index contributed by atoms with van der Waals surface area (Å²) in [7, 11) is 4.26. The lowest BCUT2D eigenvalue weighted by molar-refractivity contribution is 0.229. The standard InChI is InChI=1S/C16H29N5/c1-4-15-11-14(13-17)12-16(18-15)21-9-7-20(8-10-21)6-5-19(2)3/h11-12H,4-10,13,17H2,1-3H3. The Morgan fingerprint density at radius 1 is 1.19 bits per heavy atom. The average Bonchev–Trinajstić information content (AvgIpc) is 2.52. The van der Waals surface area contributed by atoms with E-state index in [0.717, 1.165) is 57.2 Å². The van der Waals surface area contributed by atoms with E-state index in [1.807, 2.05) is 0 Å². The van der Waals surface area contributed by atoms with Crippen LogP contribution in [-0.2, 0) is 13.0 Å². The molecule has 1 aliphatic rings. The van der Waals surface area contributed by atoms with Crippen LogP contribution in [0.5, 0.6) is 0 Å². The summed E-state index contributed by atoms with van der Waals surface area (Å²) in [4.78, 5) is 11.9. The Labute approximate surface area is 128 Å². The molecule has 0 saturated carbocycles. The number of nitrogens with two attached hydrogens (primary N) is 1. The van der Waals surface area contributed by atoms with Crippen molar-refractivity contribution in [2.24, 2.45) is 5.73 Å². The van der Waals surface area contributed by atoms with Crippen molar-refractivity contribution >= 4 is 5.82 Å². The van der Waals surface area contributed by atoms with E-state index in [4.69, 9.17) is 10.7 Å². The smallest absolute Gasteiger partial charge is 0.129 e. The van der Waals surface area contributed by atoms with Crippen molar-refractivity contribution in [3.63, 3.8) is 0 Å². The second-order valence-corrected chi connectivity index (χ2v) is 6.01. The number of aryl methyl sites for hydroxylation is 1. The third kappa shape index (κ3) is 4.66. The number of hydrogen-bond acceptors (Lipinski definition) is 5. The Hall–Kier alpha value is -1.17. The number of rotatable bonds is 6. The second kappa shape index (κ2) is 7.73. The summed E-state index contributed by atoms with van der Waals surface area (Å²) in [5.41, 5.74) is 8.13. The normalized spacial score (nSPS) is 16.7. The van der Waals surface area contributed by atoms with E-state index < -0.39 is 0 Å². The Bertz CT molecular complexity index is 416. The SMILES string of the molecule is CCc1cc(CN)cc(N2CCN(CCN(C)C)CC2)n1. The third-order valence-electron chi connectivity index (χ3n) is 4.08. The summed E-state index contributed by atoms with van der Waals surface area (Å²) in [6, 6.07) is 4.27. The van der Waals surface area contributed by atoms with Gasteiger partial charge in [0.2, 0.25) is 0 Å². The predicted molar refractivity (Wildman–Crippen MR) is 88.7 cm³/mol. The van der Waals surface area contributed by atoms with Crippen LogP contribution in [0.4, 0.5) is 5.82 Å². The van der Waals surface area contributed by atoms with E-state index in [2.05, 4.69) is 47.9 Å². The Morgan fingerprint density at radius 2 is 1.90 bits per heavy atom. The molecule has 1 aromatic rings. The van der Waals surface area contributed by atoms with E-state index in [9.17, 15) is 0 Å². The fourth-order valence-corrected chi connectivity index (χ4v) is 2.64. The molecule has 2 N–H and O–H groups in total. The molecule has 1 saturated heterocycles. The van der Waals surface area contributed by atoms with Gasteiger partial charge in [0, 0.05) is 51.5 Å². The Kier molecular flexibility index (Phi) is 5.96. The first-order valence-electron chi connectivity index (χ1n) is 7.94. The summed E-state index contributed by atoms with van der Waals surface area (Å²) >= 11 is 0. The van der Waals surface area contributed by atoms with Gasteiger partial charge < -0.3 is 15.5 Å². The summed E-state index contributed by atoms with van der Waals surface area (Å²) in [5.74, 6) is 1.10. The summed E-state index contributed by atoms with van der Waals surface area (Å²) in [6.07, 6.45) is 0.962. The zero-order valence-corrected chi connectivity index (χ0v) is 13.7. The van der Waals surface area contributed by atoms with Crippen molar-refractivity contribution in [3.8, 4) is 0 Å². The molecule has 0 unspecified atom stereocenters. The lowest BCUT2D eigenvalue weighted by atomic mass is 10.2. The van der Waals surface area contributed by atoms with Crippen LogP contribution < -0.4 is 10.6 Å². The fraction of sp³-hybridized carbons (Fsp3) is 0.688. The highest BCUT2D eigenvalue weighted by Gasteiger charge is 2.18. The van der Waals surface area contributed by atoms with Crippen molar-refractivity contribution in [3.05, 3.63) is 23.4 Å². The molecule has 0 amide bonds.